The van der Waals surface area contributed by atoms with Crippen molar-refractivity contribution in [2.24, 2.45) is 11.8 Å². The van der Waals surface area contributed by atoms with Crippen LogP contribution in [0.1, 0.15) is 263 Å². The average molecular weight is 869 g/mol. The first-order valence-corrected chi connectivity index (χ1v) is 30.9. The minimum absolute atomic E-state index is 0.168. The van der Waals surface area contributed by atoms with Gasteiger partial charge in [-0.15, -0.1) is 0 Å². The number of rotatable bonds is 26. The van der Waals surface area contributed by atoms with E-state index < -0.39 is 8.24 Å². The lowest BCUT2D eigenvalue weighted by Crippen LogP contribution is -2.69. The number of hydrogen-bond donors (Lipinski definition) is 0. The van der Waals surface area contributed by atoms with Crippen molar-refractivity contribution in [3.63, 3.8) is 0 Å². The molecule has 0 aliphatic heterocycles. The van der Waals surface area contributed by atoms with Crippen LogP contribution < -0.4 is 0 Å². The van der Waals surface area contributed by atoms with E-state index in [1.54, 1.807) is 27.8 Å². The van der Waals surface area contributed by atoms with Crippen LogP contribution in [0.15, 0.2) is 29.9 Å². The first-order valence-electron chi connectivity index (χ1n) is 27.8. The molecule has 0 aromatic heterocycles. The highest BCUT2D eigenvalue weighted by atomic mass is 28.3. The minimum atomic E-state index is -1.84. The molecule has 0 saturated heterocycles. The third-order valence-corrected chi connectivity index (χ3v) is 22.7. The van der Waals surface area contributed by atoms with E-state index in [2.05, 4.69) is 105 Å². The summed E-state index contributed by atoms with van der Waals surface area (Å²) in [4.78, 5) is 0. The number of fused-ring (bicyclic) bond motifs is 5. The van der Waals surface area contributed by atoms with E-state index in [0.717, 1.165) is 16.2 Å². The van der Waals surface area contributed by atoms with E-state index in [4.69, 9.17) is 0 Å². The van der Waals surface area contributed by atoms with Gasteiger partial charge in [-0.2, -0.15) is 4.67 Å². The summed E-state index contributed by atoms with van der Waals surface area (Å²) >= 11 is 0. The van der Waals surface area contributed by atoms with Gasteiger partial charge in [0.2, 0.25) is 0 Å². The van der Waals surface area contributed by atoms with Crippen LogP contribution in [0, 0.1) is 11.8 Å². The normalized spacial score (nSPS) is 24.1. The first-order chi connectivity index (χ1) is 29.6. The third-order valence-electron chi connectivity index (χ3n) is 18.1. The van der Waals surface area contributed by atoms with Crippen molar-refractivity contribution in [1.29, 1.82) is 0 Å². The number of quaternary nitrogens is 1. The lowest BCUT2D eigenvalue weighted by atomic mass is 9.61. The maximum atomic E-state index is 3.15. The summed E-state index contributed by atoms with van der Waals surface area (Å²) in [6.07, 6.45) is 49.7. The molecule has 3 heteroatoms. The second kappa shape index (κ2) is 22.1. The van der Waals surface area contributed by atoms with Gasteiger partial charge in [-0.1, -0.05) is 233 Å². The summed E-state index contributed by atoms with van der Waals surface area (Å²) < 4.78 is 4.17. The van der Waals surface area contributed by atoms with Gasteiger partial charge >= 0.3 is 0 Å². The fraction of sp³-hybridized carbons (Fsp3) is 0.831. The number of nitrogens with zero attached hydrogens (tertiary/aromatic N) is 2. The fourth-order valence-corrected chi connectivity index (χ4v) is 19.9. The SMILES string of the molecule is CCCCCCCCCCCCC1(CCCCCCCCCCCC)C2=CC3C(C=C2c2cc4c(cc21)C(C)(C)CCC4(C)C)CCC3[Si](C)(C)N(C1CCCCC1)[N+](C)(C)C. The molecule has 62 heavy (non-hydrogen) atoms. The van der Waals surface area contributed by atoms with E-state index in [9.17, 15) is 0 Å². The Kier molecular flexibility index (Phi) is 17.9. The maximum absolute atomic E-state index is 3.15. The van der Waals surface area contributed by atoms with Crippen LogP contribution in [0.3, 0.4) is 0 Å². The minimum Gasteiger partial charge on any atom is -0.258 e. The molecule has 5 aliphatic rings. The molecule has 1 aromatic rings. The Morgan fingerprint density at radius 3 is 1.52 bits per heavy atom. The Bertz CT molecular complexity index is 1590. The number of allylic oxidation sites excluding steroid dienone is 4. The summed E-state index contributed by atoms with van der Waals surface area (Å²) in [5.74, 6) is 1.40. The molecule has 2 saturated carbocycles. The Balaban J connectivity index is 1.35. The molecule has 0 bridgehead atoms. The highest BCUT2D eigenvalue weighted by Crippen LogP contribution is 2.63. The van der Waals surface area contributed by atoms with E-state index in [1.165, 1.54) is 199 Å². The summed E-state index contributed by atoms with van der Waals surface area (Å²) in [5, 5.41) is 0. The van der Waals surface area contributed by atoms with Crippen molar-refractivity contribution < 1.29 is 4.59 Å². The van der Waals surface area contributed by atoms with Crippen molar-refractivity contribution >= 4 is 13.8 Å². The van der Waals surface area contributed by atoms with Crippen molar-refractivity contribution in [2.45, 2.75) is 282 Å². The quantitative estimate of drug-likeness (QED) is 0.0388. The average Bonchev–Trinajstić information content (AvgIpc) is 3.76. The lowest BCUT2D eigenvalue weighted by molar-refractivity contribution is -0.975. The van der Waals surface area contributed by atoms with Gasteiger partial charge in [0.1, 0.15) is 0 Å². The number of benzene rings is 1. The van der Waals surface area contributed by atoms with E-state index in [-0.39, 0.29) is 16.2 Å². The van der Waals surface area contributed by atoms with Crippen LogP contribution in [0.4, 0.5) is 0 Å². The van der Waals surface area contributed by atoms with Gasteiger partial charge in [0.05, 0.1) is 21.1 Å². The zero-order valence-corrected chi connectivity index (χ0v) is 44.4. The monoisotopic (exact) mass is 868 g/mol. The van der Waals surface area contributed by atoms with Gasteiger partial charge in [0, 0.05) is 11.5 Å². The second-order valence-electron chi connectivity index (χ2n) is 25.0. The van der Waals surface area contributed by atoms with Gasteiger partial charge in [-0.25, -0.2) is 0 Å². The molecule has 0 amide bonds. The van der Waals surface area contributed by atoms with E-state index in [0.29, 0.717) is 11.8 Å². The Morgan fingerprint density at radius 2 is 1.03 bits per heavy atom. The summed E-state index contributed by atoms with van der Waals surface area (Å²) in [6, 6.07) is 6.45. The van der Waals surface area contributed by atoms with E-state index >= 15 is 0 Å². The first kappa shape index (κ1) is 50.3. The Labute approximate surface area is 388 Å². The van der Waals surface area contributed by atoms with Crippen LogP contribution in [0.25, 0.3) is 5.57 Å². The predicted octanol–water partition coefficient (Wildman–Crippen LogP) is 18.1. The highest BCUT2D eigenvalue weighted by Gasteiger charge is 2.56. The molecule has 3 unspecified atom stereocenters. The van der Waals surface area contributed by atoms with Crippen LogP contribution >= 0.6 is 0 Å². The van der Waals surface area contributed by atoms with Crippen molar-refractivity contribution in [2.75, 3.05) is 21.1 Å². The molecule has 1 aromatic carbocycles. The van der Waals surface area contributed by atoms with Crippen molar-refractivity contribution in [3.05, 3.63) is 52.1 Å². The molecule has 5 aliphatic carbocycles. The van der Waals surface area contributed by atoms with Gasteiger partial charge in [0.15, 0.2) is 8.24 Å². The molecule has 6 rings (SSSR count). The molecule has 0 spiro atoms. The smallest absolute Gasteiger partial charge is 0.190 e. The van der Waals surface area contributed by atoms with Crippen LogP contribution in [-0.4, -0.2) is 44.7 Å². The third kappa shape index (κ3) is 11.5. The number of unbranched alkanes of at least 4 members (excludes halogenated alkanes) is 18. The van der Waals surface area contributed by atoms with Crippen LogP contribution in [-0.2, 0) is 16.2 Å². The van der Waals surface area contributed by atoms with Gasteiger partial charge in [-0.3, -0.25) is 4.59 Å². The Morgan fingerprint density at radius 1 is 0.565 bits per heavy atom. The summed E-state index contributed by atoms with van der Waals surface area (Å²) in [7, 11) is 5.69. The lowest BCUT2D eigenvalue weighted by Gasteiger charge is -2.53. The zero-order valence-electron chi connectivity index (χ0n) is 43.4. The molecule has 0 N–H and O–H groups in total. The molecule has 352 valence electrons. The summed E-state index contributed by atoms with van der Waals surface area (Å²) in [5.41, 5.74) is 11.8. The molecule has 2 fully saturated rings. The molecule has 3 atom stereocenters. The highest BCUT2D eigenvalue weighted by molar-refractivity contribution is 6.76. The van der Waals surface area contributed by atoms with E-state index in [1.807, 2.05) is 5.57 Å². The van der Waals surface area contributed by atoms with Crippen LogP contribution in [0.2, 0.25) is 18.6 Å². The predicted molar refractivity (Wildman–Crippen MR) is 277 cm³/mol. The second-order valence-corrected chi connectivity index (χ2v) is 29.5. The van der Waals surface area contributed by atoms with Gasteiger partial charge < -0.3 is 0 Å². The van der Waals surface area contributed by atoms with Crippen molar-refractivity contribution in [3.8, 4) is 0 Å². The Hall–Kier alpha value is -1.16. The molecular weight excluding hydrogens is 765 g/mol. The molecule has 0 heterocycles. The summed E-state index contributed by atoms with van der Waals surface area (Å²) in [6.45, 7) is 20.6. The van der Waals surface area contributed by atoms with Gasteiger partial charge in [-0.05, 0) is 107 Å². The van der Waals surface area contributed by atoms with Crippen LogP contribution in [0.5, 0.6) is 0 Å². The molecular formula is C59H103N2Si+. The topological polar surface area (TPSA) is 3.24 Å². The maximum Gasteiger partial charge on any atom is 0.190 e. The largest absolute Gasteiger partial charge is 0.258 e. The standard InChI is InChI=1S/C59H103N2Si/c1-12-14-16-18-20-22-24-26-28-33-39-59(40-34-29-27-25-23-21-19-17-15-13-2)52-44-49-47(37-38-56(49)62(10,11)60(61(7,8)9)48-35-31-30-32-36-48)43-50(52)51-45-54-55(46-53(51)59)58(5,6)42-41-57(54,3)4/h43-49,56H,12-42H2,1-11H3/q+1. The molecule has 0 radical (unpaired) electrons. The van der Waals surface area contributed by atoms with Gasteiger partial charge in [0.25, 0.3) is 0 Å². The molecule has 2 nitrogen and oxygen atoms in total. The van der Waals surface area contributed by atoms with Crippen molar-refractivity contribution in [1.82, 2.24) is 4.67 Å². The zero-order chi connectivity index (χ0) is 44.6. The number of hydrogen-bond acceptors (Lipinski definition) is 1. The fourth-order valence-electron chi connectivity index (χ4n) is 14.7.